The average molecular weight is 399 g/mol. The van der Waals surface area contributed by atoms with Crippen molar-refractivity contribution in [3.05, 3.63) is 40.2 Å². The van der Waals surface area contributed by atoms with Crippen LogP contribution in [0.2, 0.25) is 4.34 Å². The van der Waals surface area contributed by atoms with E-state index in [4.69, 9.17) is 11.6 Å². The summed E-state index contributed by atoms with van der Waals surface area (Å²) in [5.41, 5.74) is 2.36. The third-order valence-corrected chi connectivity index (χ3v) is 7.18. The molecule has 2 heterocycles. The minimum absolute atomic E-state index is 0.127. The highest BCUT2D eigenvalue weighted by atomic mass is 35.5. The van der Waals surface area contributed by atoms with Gasteiger partial charge in [0, 0.05) is 24.3 Å². The lowest BCUT2D eigenvalue weighted by Gasteiger charge is -2.29. The van der Waals surface area contributed by atoms with Crippen LogP contribution in [0.4, 0.5) is 11.4 Å². The van der Waals surface area contributed by atoms with Crippen molar-refractivity contribution in [2.45, 2.75) is 36.8 Å². The molecule has 0 radical (unpaired) electrons. The fourth-order valence-corrected chi connectivity index (χ4v) is 5.36. The summed E-state index contributed by atoms with van der Waals surface area (Å²) in [5, 5.41) is 0. The predicted octanol–water partition coefficient (Wildman–Crippen LogP) is 4.28. The number of sulfonamides is 1. The van der Waals surface area contributed by atoms with Crippen LogP contribution in [-0.2, 0) is 21.2 Å². The van der Waals surface area contributed by atoms with Gasteiger partial charge in [0.15, 0.2) is 0 Å². The Morgan fingerprint density at radius 1 is 1.24 bits per heavy atom. The molecule has 3 rings (SSSR count). The van der Waals surface area contributed by atoms with Crippen molar-refractivity contribution in [3.63, 3.8) is 0 Å². The lowest BCUT2D eigenvalue weighted by molar-refractivity contribution is -0.118. The zero-order chi connectivity index (χ0) is 18.0. The highest BCUT2D eigenvalue weighted by Crippen LogP contribution is 2.32. The Balaban J connectivity index is 1.85. The summed E-state index contributed by atoms with van der Waals surface area (Å²) in [6, 6.07) is 8.38. The van der Waals surface area contributed by atoms with E-state index in [9.17, 15) is 13.2 Å². The third kappa shape index (κ3) is 3.99. The number of anilines is 2. The van der Waals surface area contributed by atoms with E-state index in [1.807, 2.05) is 12.1 Å². The molecule has 1 aliphatic rings. The highest BCUT2D eigenvalue weighted by Gasteiger charge is 2.24. The van der Waals surface area contributed by atoms with Crippen LogP contribution in [0.3, 0.4) is 0 Å². The quantitative estimate of drug-likeness (QED) is 0.789. The first-order valence-corrected chi connectivity index (χ1v) is 10.8. The fraction of sp³-hybridized carbons (Fsp3) is 0.353. The molecule has 1 N–H and O–H groups in total. The Hall–Kier alpha value is -1.57. The van der Waals surface area contributed by atoms with Gasteiger partial charge in [0.25, 0.3) is 10.0 Å². The Bertz CT molecular complexity index is 893. The van der Waals surface area contributed by atoms with E-state index in [-0.39, 0.29) is 10.1 Å². The normalized spacial score (nSPS) is 14.5. The number of carbonyl (C=O) groups is 1. The van der Waals surface area contributed by atoms with Gasteiger partial charge in [0.05, 0.1) is 4.34 Å². The monoisotopic (exact) mass is 398 g/mol. The second-order valence-electron chi connectivity index (χ2n) is 5.91. The lowest BCUT2D eigenvalue weighted by Crippen LogP contribution is -2.35. The molecule has 0 saturated heterocycles. The Morgan fingerprint density at radius 3 is 2.72 bits per heavy atom. The second kappa shape index (κ2) is 7.35. The average Bonchev–Trinajstić information content (AvgIpc) is 3.01. The van der Waals surface area contributed by atoms with Gasteiger partial charge in [0.2, 0.25) is 5.91 Å². The minimum atomic E-state index is -3.65. The summed E-state index contributed by atoms with van der Waals surface area (Å²) in [4.78, 5) is 14.0. The number of hydrogen-bond acceptors (Lipinski definition) is 4. The number of fused-ring (bicyclic) bond motifs is 1. The van der Waals surface area contributed by atoms with Crippen LogP contribution < -0.4 is 9.62 Å². The number of carbonyl (C=O) groups excluding carboxylic acids is 1. The molecule has 25 heavy (non-hydrogen) atoms. The molecule has 0 bridgehead atoms. The zero-order valence-corrected chi connectivity index (χ0v) is 16.2. The number of halogens is 1. The van der Waals surface area contributed by atoms with Crippen LogP contribution in [-0.4, -0.2) is 20.9 Å². The molecule has 0 unspecified atom stereocenters. The first kappa shape index (κ1) is 18.2. The molecule has 8 heteroatoms. The van der Waals surface area contributed by atoms with E-state index in [1.54, 1.807) is 17.0 Å². The van der Waals surface area contributed by atoms with Gasteiger partial charge in [0.1, 0.15) is 4.21 Å². The smallest absolute Gasteiger partial charge is 0.271 e. The van der Waals surface area contributed by atoms with Crippen molar-refractivity contribution in [2.75, 3.05) is 16.2 Å². The lowest BCUT2D eigenvalue weighted by atomic mass is 10.00. The molecular weight excluding hydrogens is 380 g/mol. The molecule has 2 aromatic rings. The Kier molecular flexibility index (Phi) is 5.36. The standard InChI is InChI=1S/C17H19ClN2O3S2/c1-2-3-10-20-14-6-5-13(11-12(14)4-8-16(20)21)19-25(22,23)17-9-7-15(18)24-17/h5-7,9,11,19H,2-4,8,10H2,1H3. The van der Waals surface area contributed by atoms with Gasteiger partial charge in [-0.1, -0.05) is 24.9 Å². The van der Waals surface area contributed by atoms with E-state index in [0.29, 0.717) is 29.4 Å². The molecule has 5 nitrogen and oxygen atoms in total. The number of unbranched alkanes of at least 4 members (excludes halogenated alkanes) is 1. The van der Waals surface area contributed by atoms with Crippen molar-refractivity contribution in [3.8, 4) is 0 Å². The molecule has 0 spiro atoms. The Labute approximate surface area is 156 Å². The Morgan fingerprint density at radius 2 is 2.04 bits per heavy atom. The number of aryl methyl sites for hydroxylation is 1. The van der Waals surface area contributed by atoms with Gasteiger partial charge in [-0.3, -0.25) is 9.52 Å². The van der Waals surface area contributed by atoms with Crippen molar-refractivity contribution in [1.82, 2.24) is 0 Å². The summed E-state index contributed by atoms with van der Waals surface area (Å²) in [6.45, 7) is 2.78. The molecule has 0 atom stereocenters. The first-order valence-electron chi connectivity index (χ1n) is 8.12. The van der Waals surface area contributed by atoms with E-state index in [1.165, 1.54) is 6.07 Å². The maximum Gasteiger partial charge on any atom is 0.271 e. The predicted molar refractivity (Wildman–Crippen MR) is 102 cm³/mol. The highest BCUT2D eigenvalue weighted by molar-refractivity contribution is 7.94. The number of amides is 1. The summed E-state index contributed by atoms with van der Waals surface area (Å²) < 4.78 is 28.0. The van der Waals surface area contributed by atoms with Gasteiger partial charge in [-0.2, -0.15) is 0 Å². The van der Waals surface area contributed by atoms with E-state index in [2.05, 4.69) is 11.6 Å². The van der Waals surface area contributed by atoms with E-state index < -0.39 is 10.0 Å². The SMILES string of the molecule is CCCCN1C(=O)CCc2cc(NS(=O)(=O)c3ccc(Cl)s3)ccc21. The zero-order valence-electron chi connectivity index (χ0n) is 13.8. The number of rotatable bonds is 6. The molecule has 0 saturated carbocycles. The number of nitrogens with zero attached hydrogens (tertiary/aromatic N) is 1. The molecule has 1 aromatic carbocycles. The van der Waals surface area contributed by atoms with Crippen LogP contribution >= 0.6 is 22.9 Å². The number of benzene rings is 1. The number of thiophene rings is 1. The maximum absolute atomic E-state index is 12.4. The molecular formula is C17H19ClN2O3S2. The fourth-order valence-electron chi connectivity index (χ4n) is 2.83. The summed E-state index contributed by atoms with van der Waals surface area (Å²) in [7, 11) is -3.65. The molecule has 1 aromatic heterocycles. The van der Waals surface area contributed by atoms with Crippen LogP contribution in [0.1, 0.15) is 31.7 Å². The molecule has 0 fully saturated rings. The number of nitrogens with one attached hydrogen (secondary N) is 1. The largest absolute Gasteiger partial charge is 0.312 e. The molecule has 1 aliphatic heterocycles. The van der Waals surface area contributed by atoms with E-state index in [0.717, 1.165) is 35.4 Å². The second-order valence-corrected chi connectivity index (χ2v) is 9.53. The topological polar surface area (TPSA) is 66.5 Å². The summed E-state index contributed by atoms with van der Waals surface area (Å²) in [5.74, 6) is 0.127. The molecule has 134 valence electrons. The summed E-state index contributed by atoms with van der Waals surface area (Å²) in [6.07, 6.45) is 3.03. The van der Waals surface area contributed by atoms with Crippen LogP contribution in [0.25, 0.3) is 0 Å². The van der Waals surface area contributed by atoms with Gasteiger partial charge >= 0.3 is 0 Å². The van der Waals surface area contributed by atoms with Crippen LogP contribution in [0, 0.1) is 0 Å². The van der Waals surface area contributed by atoms with Crippen molar-refractivity contribution >= 4 is 50.2 Å². The van der Waals surface area contributed by atoms with Gasteiger partial charge in [-0.25, -0.2) is 8.42 Å². The van der Waals surface area contributed by atoms with Gasteiger partial charge in [-0.05, 0) is 48.7 Å². The molecule has 1 amide bonds. The third-order valence-electron chi connectivity index (χ3n) is 4.08. The number of hydrogen-bond donors (Lipinski definition) is 1. The maximum atomic E-state index is 12.4. The van der Waals surface area contributed by atoms with Crippen molar-refractivity contribution < 1.29 is 13.2 Å². The van der Waals surface area contributed by atoms with Gasteiger partial charge < -0.3 is 4.90 Å². The molecule has 0 aliphatic carbocycles. The van der Waals surface area contributed by atoms with Crippen LogP contribution in [0.5, 0.6) is 0 Å². The van der Waals surface area contributed by atoms with Crippen molar-refractivity contribution in [1.29, 1.82) is 0 Å². The van der Waals surface area contributed by atoms with E-state index >= 15 is 0 Å². The summed E-state index contributed by atoms with van der Waals surface area (Å²) >= 11 is 6.84. The first-order chi connectivity index (χ1) is 11.9. The minimum Gasteiger partial charge on any atom is -0.312 e. The van der Waals surface area contributed by atoms with Crippen LogP contribution in [0.15, 0.2) is 34.5 Å². The van der Waals surface area contributed by atoms with Crippen molar-refractivity contribution in [2.24, 2.45) is 0 Å². The van der Waals surface area contributed by atoms with Gasteiger partial charge in [-0.15, -0.1) is 11.3 Å².